The number of ether oxygens (including phenoxy) is 1. The van der Waals surface area contributed by atoms with Gasteiger partial charge in [-0.1, -0.05) is 6.42 Å². The topological polar surface area (TPSA) is 47.3 Å². The van der Waals surface area contributed by atoms with Crippen molar-refractivity contribution in [1.29, 1.82) is 0 Å². The molecule has 2 aliphatic carbocycles. The first-order valence-electron chi connectivity index (χ1n) is 6.88. The van der Waals surface area contributed by atoms with Crippen molar-refractivity contribution in [3.8, 4) is 0 Å². The quantitative estimate of drug-likeness (QED) is 0.647. The normalized spacial score (nSPS) is 30.6. The summed E-state index contributed by atoms with van der Waals surface area (Å²) in [5.74, 6) is 1.68. The summed E-state index contributed by atoms with van der Waals surface area (Å²) in [6, 6.07) is 0.451. The fourth-order valence-electron chi connectivity index (χ4n) is 2.50. The molecule has 2 atom stereocenters. The Labute approximate surface area is 99.1 Å². The number of hydrogen-bond acceptors (Lipinski definition) is 3. The van der Waals surface area contributed by atoms with Crippen LogP contribution in [0, 0.1) is 11.8 Å². The first kappa shape index (κ1) is 12.3. The van der Waals surface area contributed by atoms with Crippen molar-refractivity contribution in [2.24, 2.45) is 17.6 Å². The number of hydrogen-bond donors (Lipinski definition) is 2. The van der Waals surface area contributed by atoms with Crippen LogP contribution < -0.4 is 11.1 Å². The average Bonchev–Trinajstić information content (AvgIpc) is 3.07. The minimum absolute atomic E-state index is 0.451. The predicted molar refractivity (Wildman–Crippen MR) is 66.3 cm³/mol. The molecule has 0 aromatic heterocycles. The van der Waals surface area contributed by atoms with Crippen LogP contribution >= 0.6 is 0 Å². The first-order chi connectivity index (χ1) is 7.84. The molecule has 2 unspecified atom stereocenters. The maximum atomic E-state index is 5.96. The van der Waals surface area contributed by atoms with E-state index in [9.17, 15) is 0 Å². The van der Waals surface area contributed by atoms with Gasteiger partial charge in [0, 0.05) is 19.2 Å². The Morgan fingerprint density at radius 2 is 2.00 bits per heavy atom. The number of nitrogens with one attached hydrogen (secondary N) is 1. The molecule has 0 aromatic carbocycles. The van der Waals surface area contributed by atoms with Crippen LogP contribution in [0.3, 0.4) is 0 Å². The van der Waals surface area contributed by atoms with Gasteiger partial charge in [0.1, 0.15) is 0 Å². The van der Waals surface area contributed by atoms with Crippen molar-refractivity contribution in [3.05, 3.63) is 0 Å². The lowest BCUT2D eigenvalue weighted by atomic mass is 9.86. The third-order valence-electron chi connectivity index (χ3n) is 3.73. The molecule has 2 saturated carbocycles. The summed E-state index contributed by atoms with van der Waals surface area (Å²) >= 11 is 0. The fourth-order valence-corrected chi connectivity index (χ4v) is 2.50. The van der Waals surface area contributed by atoms with E-state index in [1.165, 1.54) is 38.5 Å². The molecule has 3 nitrogen and oxygen atoms in total. The molecule has 0 amide bonds. The monoisotopic (exact) mass is 226 g/mol. The lowest BCUT2D eigenvalue weighted by Crippen LogP contribution is -2.34. The van der Waals surface area contributed by atoms with Crippen LogP contribution in [0.15, 0.2) is 0 Å². The molecule has 0 aromatic rings. The van der Waals surface area contributed by atoms with E-state index in [1.54, 1.807) is 0 Å². The molecule has 0 radical (unpaired) electrons. The molecule has 0 bridgehead atoms. The molecule has 0 spiro atoms. The Morgan fingerprint density at radius 3 is 2.75 bits per heavy atom. The number of nitrogens with two attached hydrogens (primary N) is 1. The van der Waals surface area contributed by atoms with Gasteiger partial charge in [-0.25, -0.2) is 0 Å². The van der Waals surface area contributed by atoms with Gasteiger partial charge >= 0.3 is 0 Å². The van der Waals surface area contributed by atoms with E-state index < -0.39 is 0 Å². The highest BCUT2D eigenvalue weighted by Crippen LogP contribution is 2.28. The molecular formula is C13H26N2O. The Hall–Kier alpha value is -0.120. The maximum absolute atomic E-state index is 5.96. The van der Waals surface area contributed by atoms with Crippen molar-refractivity contribution < 1.29 is 4.74 Å². The van der Waals surface area contributed by atoms with Gasteiger partial charge < -0.3 is 15.8 Å². The molecule has 16 heavy (non-hydrogen) atoms. The zero-order chi connectivity index (χ0) is 11.2. The Morgan fingerprint density at radius 1 is 1.12 bits per heavy atom. The van der Waals surface area contributed by atoms with Gasteiger partial charge in [-0.3, -0.25) is 0 Å². The molecule has 3 heteroatoms. The van der Waals surface area contributed by atoms with Gasteiger partial charge in [0.05, 0.1) is 6.61 Å². The van der Waals surface area contributed by atoms with E-state index in [4.69, 9.17) is 10.5 Å². The van der Waals surface area contributed by atoms with Crippen molar-refractivity contribution in [2.75, 3.05) is 26.3 Å². The van der Waals surface area contributed by atoms with E-state index in [1.807, 2.05) is 0 Å². The van der Waals surface area contributed by atoms with E-state index in [0.29, 0.717) is 6.04 Å². The Kier molecular flexibility index (Phi) is 5.07. The largest absolute Gasteiger partial charge is 0.380 e. The van der Waals surface area contributed by atoms with Gasteiger partial charge in [0.25, 0.3) is 0 Å². The second-order valence-electron chi connectivity index (χ2n) is 5.52. The zero-order valence-electron chi connectivity index (χ0n) is 10.3. The summed E-state index contributed by atoms with van der Waals surface area (Å²) in [5, 5.41) is 3.49. The van der Waals surface area contributed by atoms with Crippen LogP contribution in [0.5, 0.6) is 0 Å². The van der Waals surface area contributed by atoms with Crippen LogP contribution in [-0.4, -0.2) is 32.3 Å². The van der Waals surface area contributed by atoms with Crippen molar-refractivity contribution >= 4 is 0 Å². The summed E-state index contributed by atoms with van der Waals surface area (Å²) in [4.78, 5) is 0. The van der Waals surface area contributed by atoms with Crippen LogP contribution in [0.1, 0.15) is 38.5 Å². The van der Waals surface area contributed by atoms with E-state index in [2.05, 4.69) is 5.32 Å². The summed E-state index contributed by atoms with van der Waals surface area (Å²) in [6.07, 6.45) is 7.85. The van der Waals surface area contributed by atoms with Crippen LogP contribution in [0.25, 0.3) is 0 Å². The molecule has 0 aliphatic heterocycles. The van der Waals surface area contributed by atoms with E-state index in [-0.39, 0.29) is 0 Å². The van der Waals surface area contributed by atoms with Crippen LogP contribution in [-0.2, 0) is 4.74 Å². The van der Waals surface area contributed by atoms with Crippen molar-refractivity contribution in [3.63, 3.8) is 0 Å². The predicted octanol–water partition coefficient (Wildman–Crippen LogP) is 1.52. The van der Waals surface area contributed by atoms with Gasteiger partial charge in [-0.05, 0) is 50.5 Å². The van der Waals surface area contributed by atoms with Gasteiger partial charge in [0.2, 0.25) is 0 Å². The summed E-state index contributed by atoms with van der Waals surface area (Å²) in [6.45, 7) is 3.98. The van der Waals surface area contributed by atoms with E-state index in [0.717, 1.165) is 38.1 Å². The van der Waals surface area contributed by atoms with E-state index >= 15 is 0 Å². The Balaban J connectivity index is 1.41. The molecule has 3 N–H and O–H groups in total. The average molecular weight is 226 g/mol. The highest BCUT2D eigenvalue weighted by Gasteiger charge is 2.21. The summed E-state index contributed by atoms with van der Waals surface area (Å²) in [7, 11) is 0. The fraction of sp³-hybridized carbons (Fsp3) is 1.00. The van der Waals surface area contributed by atoms with Crippen LogP contribution in [0.2, 0.25) is 0 Å². The second-order valence-corrected chi connectivity index (χ2v) is 5.52. The minimum Gasteiger partial charge on any atom is -0.380 e. The molecule has 0 heterocycles. The molecule has 94 valence electrons. The Bertz CT molecular complexity index is 194. The number of rotatable bonds is 7. The lowest BCUT2D eigenvalue weighted by Gasteiger charge is -2.26. The lowest BCUT2D eigenvalue weighted by molar-refractivity contribution is 0.125. The molecular weight excluding hydrogens is 200 g/mol. The third-order valence-corrected chi connectivity index (χ3v) is 3.73. The maximum Gasteiger partial charge on any atom is 0.0591 e. The molecule has 2 aliphatic rings. The van der Waals surface area contributed by atoms with Gasteiger partial charge in [-0.2, -0.15) is 0 Å². The third kappa shape index (κ3) is 4.81. The van der Waals surface area contributed by atoms with Crippen molar-refractivity contribution in [2.45, 2.75) is 44.6 Å². The van der Waals surface area contributed by atoms with Crippen molar-refractivity contribution in [1.82, 2.24) is 5.32 Å². The first-order valence-corrected chi connectivity index (χ1v) is 6.88. The second kappa shape index (κ2) is 6.58. The minimum atomic E-state index is 0.451. The highest BCUT2D eigenvalue weighted by molar-refractivity contribution is 4.76. The van der Waals surface area contributed by atoms with Gasteiger partial charge in [-0.15, -0.1) is 0 Å². The van der Waals surface area contributed by atoms with Crippen LogP contribution in [0.4, 0.5) is 0 Å². The summed E-state index contributed by atoms with van der Waals surface area (Å²) < 4.78 is 5.58. The smallest absolute Gasteiger partial charge is 0.0591 e. The van der Waals surface area contributed by atoms with Gasteiger partial charge in [0.15, 0.2) is 0 Å². The molecule has 0 saturated heterocycles. The zero-order valence-corrected chi connectivity index (χ0v) is 10.3. The molecule has 2 fully saturated rings. The summed E-state index contributed by atoms with van der Waals surface area (Å²) in [5.41, 5.74) is 5.96. The molecule has 2 rings (SSSR count). The SMILES string of the molecule is NC1CCCC(CNCCOCC2CC2)C1. The highest BCUT2D eigenvalue weighted by atomic mass is 16.5. The standard InChI is InChI=1S/C13H26N2O/c14-13-3-1-2-12(8-13)9-15-6-7-16-10-11-4-5-11/h11-13,15H,1-10,14H2.